The van der Waals surface area contributed by atoms with Crippen LogP contribution in [0.2, 0.25) is 0 Å². The van der Waals surface area contributed by atoms with Gasteiger partial charge in [-0.15, -0.1) is 0 Å². The number of halogens is 3. The fourth-order valence-electron chi connectivity index (χ4n) is 3.61. The molecule has 11 heteroatoms. The van der Waals surface area contributed by atoms with Crippen LogP contribution in [0.5, 0.6) is 0 Å². The van der Waals surface area contributed by atoms with Crippen LogP contribution in [-0.2, 0) is 31.6 Å². The first-order valence-corrected chi connectivity index (χ1v) is 13.3. The first-order valence-electron chi connectivity index (χ1n) is 10.4. The molecule has 2 aromatic carbocycles. The van der Waals surface area contributed by atoms with Gasteiger partial charge in [-0.1, -0.05) is 39.0 Å². The van der Waals surface area contributed by atoms with E-state index in [1.54, 1.807) is 12.1 Å². The Balaban J connectivity index is 1.80. The summed E-state index contributed by atoms with van der Waals surface area (Å²) in [6.07, 6.45) is -4.45. The van der Waals surface area contributed by atoms with Crippen molar-refractivity contribution in [2.24, 2.45) is 0 Å². The zero-order chi connectivity index (χ0) is 24.7. The molecule has 0 aliphatic carbocycles. The van der Waals surface area contributed by atoms with Crippen molar-refractivity contribution in [2.45, 2.75) is 48.6 Å². The fourth-order valence-corrected chi connectivity index (χ4v) is 6.59. The molecule has 0 N–H and O–H groups in total. The molecule has 0 unspecified atom stereocenters. The molecule has 3 rings (SSSR count). The number of nitrogens with zero attached hydrogens (tertiary/aromatic N) is 2. The maximum atomic E-state index is 13.1. The van der Waals surface area contributed by atoms with Crippen LogP contribution in [0.25, 0.3) is 0 Å². The van der Waals surface area contributed by atoms with Crippen molar-refractivity contribution < 1.29 is 30.0 Å². The number of hydrogen-bond donors (Lipinski definition) is 0. The van der Waals surface area contributed by atoms with Gasteiger partial charge in [-0.25, -0.2) is 16.8 Å². The Bertz CT molecular complexity index is 1200. The minimum Gasteiger partial charge on any atom is -0.207 e. The Morgan fingerprint density at radius 3 is 1.70 bits per heavy atom. The summed E-state index contributed by atoms with van der Waals surface area (Å²) < 4.78 is 93.5. The predicted molar refractivity (Wildman–Crippen MR) is 119 cm³/mol. The topological polar surface area (TPSA) is 74.8 Å². The van der Waals surface area contributed by atoms with E-state index < -0.39 is 36.7 Å². The zero-order valence-corrected chi connectivity index (χ0v) is 20.3. The fraction of sp³-hybridized carbons (Fsp3) is 0.455. The molecule has 0 saturated carbocycles. The van der Waals surface area contributed by atoms with Crippen LogP contribution in [0.15, 0.2) is 58.3 Å². The van der Waals surface area contributed by atoms with Crippen molar-refractivity contribution in [1.29, 1.82) is 0 Å². The van der Waals surface area contributed by atoms with Crippen molar-refractivity contribution >= 4 is 20.0 Å². The Kier molecular flexibility index (Phi) is 7.01. The van der Waals surface area contributed by atoms with Crippen molar-refractivity contribution in [1.82, 2.24) is 8.61 Å². The number of hydrogen-bond acceptors (Lipinski definition) is 4. The van der Waals surface area contributed by atoms with Crippen molar-refractivity contribution in [3.63, 3.8) is 0 Å². The Labute approximate surface area is 193 Å². The molecule has 0 aromatic heterocycles. The van der Waals surface area contributed by atoms with Crippen LogP contribution >= 0.6 is 0 Å². The SMILES string of the molecule is CC(C)(C)c1ccc(S(=O)(=O)N2CCCN(S(=O)(=O)c3cccc(C(F)(F)F)c3)CC2)cc1. The zero-order valence-electron chi connectivity index (χ0n) is 18.6. The predicted octanol–water partition coefficient (Wildman–Crippen LogP) is 4.09. The van der Waals surface area contributed by atoms with Gasteiger partial charge in [-0.05, 0) is 47.7 Å². The summed E-state index contributed by atoms with van der Waals surface area (Å²) in [5, 5.41) is 0. The normalized spacial score (nSPS) is 17.6. The van der Waals surface area contributed by atoms with Crippen LogP contribution in [-0.4, -0.2) is 51.6 Å². The summed E-state index contributed by atoms with van der Waals surface area (Å²) in [6.45, 7) is 5.92. The molecule has 1 saturated heterocycles. The van der Waals surface area contributed by atoms with Gasteiger partial charge in [0.15, 0.2) is 0 Å². The molecule has 0 amide bonds. The van der Waals surface area contributed by atoms with E-state index >= 15 is 0 Å². The highest BCUT2D eigenvalue weighted by Gasteiger charge is 2.35. The van der Waals surface area contributed by atoms with E-state index in [-0.39, 0.29) is 42.9 Å². The molecule has 0 atom stereocenters. The highest BCUT2D eigenvalue weighted by molar-refractivity contribution is 7.89. The average Bonchev–Trinajstić information content (AvgIpc) is 3.00. The molecule has 0 bridgehead atoms. The standard InChI is InChI=1S/C22H27F3N2O4S2/c1-21(2,3)17-8-10-19(11-9-17)32(28,29)26-12-5-13-27(15-14-26)33(30,31)20-7-4-6-18(16-20)22(23,24)25/h4,6-11,16H,5,12-15H2,1-3H3. The van der Waals surface area contributed by atoms with Gasteiger partial charge in [-0.2, -0.15) is 21.8 Å². The third-order valence-electron chi connectivity index (χ3n) is 5.57. The van der Waals surface area contributed by atoms with Gasteiger partial charge in [0.2, 0.25) is 20.0 Å². The molecule has 1 heterocycles. The lowest BCUT2D eigenvalue weighted by Gasteiger charge is -2.23. The van der Waals surface area contributed by atoms with Crippen LogP contribution in [0, 0.1) is 0 Å². The summed E-state index contributed by atoms with van der Waals surface area (Å²) in [5.74, 6) is 0. The van der Waals surface area contributed by atoms with E-state index in [9.17, 15) is 30.0 Å². The number of rotatable bonds is 4. The molecular formula is C22H27F3N2O4S2. The van der Waals surface area contributed by atoms with E-state index in [0.29, 0.717) is 6.07 Å². The van der Waals surface area contributed by atoms with Crippen molar-refractivity contribution in [3.8, 4) is 0 Å². The van der Waals surface area contributed by atoms with E-state index in [4.69, 9.17) is 0 Å². The Morgan fingerprint density at radius 1 is 0.697 bits per heavy atom. The van der Waals surface area contributed by atoms with Gasteiger partial charge in [0.25, 0.3) is 0 Å². The molecule has 182 valence electrons. The van der Waals surface area contributed by atoms with Gasteiger partial charge >= 0.3 is 6.18 Å². The van der Waals surface area contributed by atoms with Crippen LogP contribution in [0.3, 0.4) is 0 Å². The lowest BCUT2D eigenvalue weighted by molar-refractivity contribution is -0.137. The molecule has 1 aliphatic rings. The Morgan fingerprint density at radius 2 is 1.21 bits per heavy atom. The third-order valence-corrected chi connectivity index (χ3v) is 9.38. The second kappa shape index (κ2) is 9.01. The van der Waals surface area contributed by atoms with Crippen LogP contribution < -0.4 is 0 Å². The molecule has 2 aromatic rings. The molecular weight excluding hydrogens is 477 g/mol. The van der Waals surface area contributed by atoms with Gasteiger partial charge in [0.05, 0.1) is 15.4 Å². The maximum absolute atomic E-state index is 13.1. The second-order valence-electron chi connectivity index (χ2n) is 8.96. The van der Waals surface area contributed by atoms with E-state index in [1.165, 1.54) is 16.4 Å². The summed E-state index contributed by atoms with van der Waals surface area (Å²) in [4.78, 5) is -0.351. The highest BCUT2D eigenvalue weighted by atomic mass is 32.2. The van der Waals surface area contributed by atoms with Gasteiger partial charge in [0.1, 0.15) is 0 Å². The summed E-state index contributed by atoms with van der Waals surface area (Å²) in [7, 11) is -8.06. The molecule has 1 fully saturated rings. The smallest absolute Gasteiger partial charge is 0.207 e. The molecule has 33 heavy (non-hydrogen) atoms. The minimum absolute atomic E-state index is 0.00750. The Hall–Kier alpha value is -1.95. The summed E-state index contributed by atoms with van der Waals surface area (Å²) in [6, 6.07) is 10.2. The summed E-state index contributed by atoms with van der Waals surface area (Å²) >= 11 is 0. The molecule has 6 nitrogen and oxygen atoms in total. The van der Waals surface area contributed by atoms with E-state index in [2.05, 4.69) is 0 Å². The number of alkyl halides is 3. The van der Waals surface area contributed by atoms with Gasteiger partial charge in [-0.3, -0.25) is 0 Å². The van der Waals surface area contributed by atoms with E-state index in [0.717, 1.165) is 28.1 Å². The second-order valence-corrected chi connectivity index (χ2v) is 12.8. The van der Waals surface area contributed by atoms with Crippen LogP contribution in [0.1, 0.15) is 38.3 Å². The largest absolute Gasteiger partial charge is 0.416 e. The highest BCUT2D eigenvalue weighted by Crippen LogP contribution is 2.31. The molecule has 0 radical (unpaired) electrons. The third kappa shape index (κ3) is 5.59. The van der Waals surface area contributed by atoms with Gasteiger partial charge < -0.3 is 0 Å². The first-order chi connectivity index (χ1) is 15.1. The first kappa shape index (κ1) is 25.7. The lowest BCUT2D eigenvalue weighted by atomic mass is 9.87. The van der Waals surface area contributed by atoms with Crippen LogP contribution in [0.4, 0.5) is 13.2 Å². The van der Waals surface area contributed by atoms with Crippen molar-refractivity contribution in [2.75, 3.05) is 26.2 Å². The van der Waals surface area contributed by atoms with E-state index in [1.807, 2.05) is 20.8 Å². The summed E-state index contributed by atoms with van der Waals surface area (Å²) in [5.41, 5.74) is -0.208. The number of sulfonamides is 2. The van der Waals surface area contributed by atoms with Gasteiger partial charge in [0, 0.05) is 26.2 Å². The van der Waals surface area contributed by atoms with Crippen molar-refractivity contribution in [3.05, 3.63) is 59.7 Å². The lowest BCUT2D eigenvalue weighted by Crippen LogP contribution is -2.37. The monoisotopic (exact) mass is 504 g/mol. The maximum Gasteiger partial charge on any atom is 0.416 e. The molecule has 1 aliphatic heterocycles. The minimum atomic E-state index is -4.67. The quantitative estimate of drug-likeness (QED) is 0.629. The molecule has 0 spiro atoms. The number of benzene rings is 2. The average molecular weight is 505 g/mol.